The minimum Gasteiger partial charge on any atom is -0.396 e. The summed E-state index contributed by atoms with van der Waals surface area (Å²) in [6.07, 6.45) is 7.61. The summed E-state index contributed by atoms with van der Waals surface area (Å²) in [4.78, 5) is 7.25. The smallest absolute Gasteiger partial charge is 0.148 e. The van der Waals surface area contributed by atoms with Crippen molar-refractivity contribution >= 4 is 40.9 Å². The highest BCUT2D eigenvalue weighted by Crippen LogP contribution is 2.36. The maximum absolute atomic E-state index is 9.96. The molecule has 1 aliphatic carbocycles. The van der Waals surface area contributed by atoms with Crippen LogP contribution in [0.1, 0.15) is 49.3 Å². The van der Waals surface area contributed by atoms with E-state index in [1.807, 2.05) is 0 Å². The fraction of sp³-hybridized carbons (Fsp3) is 0.520. The zero-order valence-corrected chi connectivity index (χ0v) is 21.4. The van der Waals surface area contributed by atoms with Gasteiger partial charge in [-0.05, 0) is 55.4 Å². The monoisotopic (exact) mass is 482 g/mol. The molecule has 0 unspecified atom stereocenters. The number of hydrogen-bond donors (Lipinski definition) is 2. The predicted octanol–water partition coefficient (Wildman–Crippen LogP) is 4.83. The number of pyridine rings is 1. The molecular formula is C25H34N6S2. The van der Waals surface area contributed by atoms with Crippen LogP contribution in [-0.4, -0.2) is 43.5 Å². The zero-order valence-electron chi connectivity index (χ0n) is 19.8. The molecule has 2 heterocycles. The molecular weight excluding hydrogens is 448 g/mol. The molecule has 1 aromatic heterocycles. The summed E-state index contributed by atoms with van der Waals surface area (Å²) >= 11 is 3.35. The van der Waals surface area contributed by atoms with Gasteiger partial charge >= 0.3 is 0 Å². The Bertz CT molecular complexity index is 991. The minimum absolute atomic E-state index is 0.584. The van der Waals surface area contributed by atoms with Crippen LogP contribution in [0.25, 0.3) is 0 Å². The maximum atomic E-state index is 9.96. The molecule has 0 radical (unpaired) electrons. The fourth-order valence-electron chi connectivity index (χ4n) is 4.34. The third-order valence-electron chi connectivity index (χ3n) is 6.55. The van der Waals surface area contributed by atoms with Gasteiger partial charge in [0, 0.05) is 49.9 Å². The Hall–Kier alpha value is -2.08. The summed E-state index contributed by atoms with van der Waals surface area (Å²) in [5.41, 5.74) is 11.2. The normalized spacial score (nSPS) is 16.6. The lowest BCUT2D eigenvalue weighted by Crippen LogP contribution is -2.44. The van der Waals surface area contributed by atoms with Crippen LogP contribution in [0, 0.1) is 11.3 Å². The molecule has 6 nitrogen and oxygen atoms in total. The quantitative estimate of drug-likeness (QED) is 0.389. The fourth-order valence-corrected chi connectivity index (χ4v) is 5.59. The van der Waals surface area contributed by atoms with E-state index in [2.05, 4.69) is 65.1 Å². The number of hydrogen-bond acceptors (Lipinski definition) is 8. The summed E-state index contributed by atoms with van der Waals surface area (Å²) in [5, 5.41) is 14.5. The van der Waals surface area contributed by atoms with Crippen molar-refractivity contribution in [2.75, 3.05) is 41.3 Å². The molecule has 33 heavy (non-hydrogen) atoms. The molecule has 8 heteroatoms. The first-order valence-corrected chi connectivity index (χ1v) is 13.9. The number of benzene rings is 1. The molecule has 0 amide bonds. The highest BCUT2D eigenvalue weighted by Gasteiger charge is 2.29. The average molecular weight is 483 g/mol. The van der Waals surface area contributed by atoms with E-state index in [0.717, 1.165) is 60.6 Å². The van der Waals surface area contributed by atoms with Crippen molar-refractivity contribution in [3.05, 3.63) is 41.0 Å². The van der Waals surface area contributed by atoms with Gasteiger partial charge in [-0.15, -0.1) is 0 Å². The molecule has 2 aliphatic rings. The van der Waals surface area contributed by atoms with Crippen LogP contribution in [-0.2, 0) is 12.2 Å². The number of anilines is 3. The molecule has 3 N–H and O–H groups in total. The summed E-state index contributed by atoms with van der Waals surface area (Å²) in [7, 11) is 2.06. The maximum Gasteiger partial charge on any atom is 0.148 e. The molecule has 1 aromatic carbocycles. The van der Waals surface area contributed by atoms with E-state index < -0.39 is 0 Å². The number of nitrogens with zero attached hydrogens (tertiary/aromatic N) is 4. The van der Waals surface area contributed by atoms with Gasteiger partial charge < -0.3 is 20.3 Å². The van der Waals surface area contributed by atoms with E-state index in [9.17, 15) is 5.26 Å². The molecule has 2 aromatic rings. The van der Waals surface area contributed by atoms with Gasteiger partial charge in [-0.2, -0.15) is 5.26 Å². The summed E-state index contributed by atoms with van der Waals surface area (Å²) in [5.74, 6) is 1.61. The molecule has 0 bridgehead atoms. The van der Waals surface area contributed by atoms with Crippen LogP contribution >= 0.6 is 23.7 Å². The summed E-state index contributed by atoms with van der Waals surface area (Å²) in [6.45, 7) is 3.92. The van der Waals surface area contributed by atoms with E-state index in [1.165, 1.54) is 24.1 Å². The number of thioether (sulfide) groups is 1. The zero-order chi connectivity index (χ0) is 23.4. The number of nitriles is 1. The third-order valence-corrected chi connectivity index (χ3v) is 8.37. The van der Waals surface area contributed by atoms with E-state index in [0.29, 0.717) is 17.3 Å². The lowest BCUT2D eigenvalue weighted by atomic mass is 10.0. The first-order chi connectivity index (χ1) is 16.0. The number of nitrogens with one attached hydrogen (secondary N) is 1. The van der Waals surface area contributed by atoms with Crippen molar-refractivity contribution in [3.63, 3.8) is 0 Å². The minimum atomic E-state index is 0.584. The van der Waals surface area contributed by atoms with Gasteiger partial charge in [-0.1, -0.05) is 42.8 Å². The number of piperidine rings is 1. The number of aromatic nitrogens is 1. The SMILES string of the molecule is CCc1c(N)c(SCc2ccc(N(C)SC)cc2)nc(N2CCC(NC3CC3)CC2)c1C#N. The standard InChI is InChI=1S/C25H34N6S2/c1-4-21-22(15-26)24(31-13-11-19(12-14-31)28-18-7-8-18)29-25(23(21)27)33-16-17-5-9-20(10-6-17)30(2)32-3/h5-6,9-10,18-19,28H,4,7-8,11-14,16,27H2,1-3H3. The highest BCUT2D eigenvalue weighted by molar-refractivity contribution is 7.99. The van der Waals surface area contributed by atoms with Crippen molar-refractivity contribution in [2.45, 2.75) is 61.9 Å². The molecule has 176 valence electrons. The molecule has 1 saturated heterocycles. The lowest BCUT2D eigenvalue weighted by molar-refractivity contribution is 0.411. The average Bonchev–Trinajstić information content (AvgIpc) is 3.67. The molecule has 0 spiro atoms. The Balaban J connectivity index is 1.51. The molecule has 1 aliphatic heterocycles. The van der Waals surface area contributed by atoms with Gasteiger partial charge in [-0.3, -0.25) is 0 Å². The summed E-state index contributed by atoms with van der Waals surface area (Å²) in [6, 6.07) is 12.3. The predicted molar refractivity (Wildman–Crippen MR) is 142 cm³/mol. The number of nitrogens with two attached hydrogens (primary N) is 1. The first-order valence-electron chi connectivity index (χ1n) is 11.8. The first kappa shape index (κ1) is 24.1. The summed E-state index contributed by atoms with van der Waals surface area (Å²) < 4.78 is 2.14. The molecule has 2 fully saturated rings. The van der Waals surface area contributed by atoms with Crippen molar-refractivity contribution < 1.29 is 0 Å². The third kappa shape index (κ3) is 5.71. The highest BCUT2D eigenvalue weighted by atomic mass is 32.2. The van der Waals surface area contributed by atoms with Crippen LogP contribution in [0.2, 0.25) is 0 Å². The molecule has 0 atom stereocenters. The van der Waals surface area contributed by atoms with Gasteiger partial charge in [0.25, 0.3) is 0 Å². The Kier molecular flexibility index (Phi) is 7.94. The Morgan fingerprint density at radius 2 is 1.85 bits per heavy atom. The Morgan fingerprint density at radius 1 is 1.18 bits per heavy atom. The molecule has 4 rings (SSSR count). The van der Waals surface area contributed by atoms with Gasteiger partial charge in [0.05, 0.1) is 11.3 Å². The largest absolute Gasteiger partial charge is 0.396 e. The topological polar surface area (TPSA) is 81.2 Å². The van der Waals surface area contributed by atoms with Crippen LogP contribution < -0.4 is 20.3 Å². The van der Waals surface area contributed by atoms with Crippen molar-refractivity contribution in [1.82, 2.24) is 10.3 Å². The van der Waals surface area contributed by atoms with Crippen molar-refractivity contribution in [1.29, 1.82) is 5.26 Å². The Morgan fingerprint density at radius 3 is 2.42 bits per heavy atom. The Labute approximate surface area is 206 Å². The van der Waals surface area contributed by atoms with Crippen LogP contribution in [0.15, 0.2) is 29.3 Å². The van der Waals surface area contributed by atoms with Gasteiger partial charge in [0.15, 0.2) is 0 Å². The number of rotatable bonds is 9. The van der Waals surface area contributed by atoms with Gasteiger partial charge in [0.1, 0.15) is 16.9 Å². The second-order valence-corrected chi connectivity index (χ2v) is 10.7. The lowest BCUT2D eigenvalue weighted by Gasteiger charge is -2.34. The molecule has 1 saturated carbocycles. The second-order valence-electron chi connectivity index (χ2n) is 8.81. The van der Waals surface area contributed by atoms with E-state index in [4.69, 9.17) is 10.7 Å². The van der Waals surface area contributed by atoms with E-state index >= 15 is 0 Å². The van der Waals surface area contributed by atoms with Gasteiger partial charge in [-0.25, -0.2) is 4.98 Å². The van der Waals surface area contributed by atoms with E-state index in [1.54, 1.807) is 23.7 Å². The van der Waals surface area contributed by atoms with Gasteiger partial charge in [0.2, 0.25) is 0 Å². The number of nitrogen functional groups attached to an aromatic ring is 1. The second kappa shape index (κ2) is 10.9. The van der Waals surface area contributed by atoms with Crippen molar-refractivity contribution in [3.8, 4) is 6.07 Å². The van der Waals surface area contributed by atoms with Crippen LogP contribution in [0.4, 0.5) is 17.2 Å². The van der Waals surface area contributed by atoms with Crippen molar-refractivity contribution in [2.24, 2.45) is 0 Å². The van der Waals surface area contributed by atoms with Crippen LogP contribution in [0.3, 0.4) is 0 Å². The van der Waals surface area contributed by atoms with Crippen LogP contribution in [0.5, 0.6) is 0 Å². The van der Waals surface area contributed by atoms with E-state index in [-0.39, 0.29) is 0 Å².